The molecule has 0 N–H and O–H groups in total. The Balaban J connectivity index is 2.02. The lowest BCUT2D eigenvalue weighted by atomic mass is 10.0. The summed E-state index contributed by atoms with van der Waals surface area (Å²) in [5.74, 6) is 2.06. The van der Waals surface area contributed by atoms with Crippen LogP contribution in [0.2, 0.25) is 6.04 Å². The first-order chi connectivity index (χ1) is 9.15. The zero-order valence-corrected chi connectivity index (χ0v) is 13.2. The van der Waals surface area contributed by atoms with Crippen molar-refractivity contribution in [2.75, 3.05) is 0 Å². The van der Waals surface area contributed by atoms with Gasteiger partial charge in [0.1, 0.15) is 11.5 Å². The van der Waals surface area contributed by atoms with Crippen molar-refractivity contribution >= 4 is 29.6 Å². The third-order valence-electron chi connectivity index (χ3n) is 2.89. The average molecular weight is 310 g/mol. The van der Waals surface area contributed by atoms with Crippen LogP contribution in [0.3, 0.4) is 0 Å². The fourth-order valence-corrected chi connectivity index (χ4v) is 3.93. The first-order valence-corrected chi connectivity index (χ1v) is 9.88. The molecule has 0 bridgehead atoms. The number of rotatable bonds is 5. The standard InChI is InChI=1S/C15H15Cl2OSi/c1-12(11-19(16)17)13-7-9-15(10-8-13)18-14-5-3-2-4-6-14/h2-10,12H,11H2,1H3. The number of ether oxygens (including phenoxy) is 1. The van der Waals surface area contributed by atoms with Crippen LogP contribution in [0.5, 0.6) is 11.5 Å². The van der Waals surface area contributed by atoms with E-state index in [1.165, 1.54) is 5.56 Å². The predicted octanol–water partition coefficient (Wildman–Crippen LogP) is 5.55. The molecule has 0 aliphatic rings. The van der Waals surface area contributed by atoms with Gasteiger partial charge in [0.05, 0.1) is 0 Å². The van der Waals surface area contributed by atoms with Crippen molar-refractivity contribution < 1.29 is 4.74 Å². The molecule has 0 aliphatic heterocycles. The van der Waals surface area contributed by atoms with E-state index in [4.69, 9.17) is 26.9 Å². The Hall–Kier alpha value is -0.963. The van der Waals surface area contributed by atoms with Crippen molar-refractivity contribution in [3.63, 3.8) is 0 Å². The summed E-state index contributed by atoms with van der Waals surface area (Å²) in [6.45, 7) is 2.14. The minimum Gasteiger partial charge on any atom is -0.457 e. The van der Waals surface area contributed by atoms with Crippen LogP contribution in [0, 0.1) is 0 Å². The Labute approximate surface area is 125 Å². The molecule has 1 nitrogen and oxygen atoms in total. The maximum Gasteiger partial charge on any atom is 0.274 e. The van der Waals surface area contributed by atoms with E-state index in [1.54, 1.807) is 0 Å². The lowest BCUT2D eigenvalue weighted by Gasteiger charge is -2.12. The SMILES string of the molecule is CC(C[Si](Cl)Cl)c1ccc(Oc2ccccc2)cc1. The molecule has 0 saturated heterocycles. The maximum absolute atomic E-state index is 5.90. The number of halogens is 2. The summed E-state index contributed by atoms with van der Waals surface area (Å²) >= 11 is 11.8. The van der Waals surface area contributed by atoms with E-state index in [0.717, 1.165) is 17.5 Å². The minimum atomic E-state index is -1.23. The highest BCUT2D eigenvalue weighted by Crippen LogP contribution is 2.27. The Kier molecular flexibility index (Phi) is 5.31. The van der Waals surface area contributed by atoms with Gasteiger partial charge in [-0.25, -0.2) is 0 Å². The molecule has 2 aromatic rings. The van der Waals surface area contributed by atoms with Crippen molar-refractivity contribution in [2.45, 2.75) is 18.9 Å². The van der Waals surface area contributed by atoms with E-state index in [0.29, 0.717) is 5.92 Å². The fraction of sp³-hybridized carbons (Fsp3) is 0.200. The minimum absolute atomic E-state index is 0.384. The molecular formula is C15H15Cl2OSi. The van der Waals surface area contributed by atoms with Gasteiger partial charge < -0.3 is 4.74 Å². The van der Waals surface area contributed by atoms with Gasteiger partial charge in [0.15, 0.2) is 0 Å². The summed E-state index contributed by atoms with van der Waals surface area (Å²) in [6, 6.07) is 18.7. The molecule has 0 aliphatic carbocycles. The van der Waals surface area contributed by atoms with Gasteiger partial charge in [-0.1, -0.05) is 37.3 Å². The molecule has 19 heavy (non-hydrogen) atoms. The third kappa shape index (κ3) is 4.57. The summed E-state index contributed by atoms with van der Waals surface area (Å²) in [6.07, 6.45) is 0. The monoisotopic (exact) mass is 309 g/mol. The number of benzene rings is 2. The molecule has 1 unspecified atom stereocenters. The molecule has 2 rings (SSSR count). The van der Waals surface area contributed by atoms with Crippen molar-refractivity contribution in [1.82, 2.24) is 0 Å². The van der Waals surface area contributed by atoms with Crippen molar-refractivity contribution in [3.05, 3.63) is 60.2 Å². The second-order valence-electron chi connectivity index (χ2n) is 4.43. The van der Waals surface area contributed by atoms with E-state index in [9.17, 15) is 0 Å². The Morgan fingerprint density at radius 2 is 1.53 bits per heavy atom. The Bertz CT molecular complexity index is 499. The molecule has 4 heteroatoms. The van der Waals surface area contributed by atoms with E-state index in [2.05, 4.69) is 19.1 Å². The van der Waals surface area contributed by atoms with Gasteiger partial charge >= 0.3 is 0 Å². The van der Waals surface area contributed by atoms with E-state index < -0.39 is 7.42 Å². The number of hydrogen-bond acceptors (Lipinski definition) is 1. The molecule has 99 valence electrons. The molecule has 1 atom stereocenters. The van der Waals surface area contributed by atoms with Crippen molar-refractivity contribution in [1.29, 1.82) is 0 Å². The second-order valence-corrected chi connectivity index (χ2v) is 8.83. The second kappa shape index (κ2) is 6.99. The quantitative estimate of drug-likeness (QED) is 0.520. The van der Waals surface area contributed by atoms with Crippen LogP contribution in [-0.2, 0) is 0 Å². The van der Waals surface area contributed by atoms with E-state index in [-0.39, 0.29) is 0 Å². The van der Waals surface area contributed by atoms with Crippen LogP contribution >= 0.6 is 22.2 Å². The first-order valence-electron chi connectivity index (χ1n) is 6.15. The zero-order chi connectivity index (χ0) is 13.7. The highest BCUT2D eigenvalue weighted by atomic mass is 35.7. The molecule has 0 heterocycles. The normalized spacial score (nSPS) is 12.4. The molecular weight excluding hydrogens is 295 g/mol. The van der Waals surface area contributed by atoms with Gasteiger partial charge in [-0.3, -0.25) is 0 Å². The molecule has 0 amide bonds. The van der Waals surface area contributed by atoms with Gasteiger partial charge in [-0.05, 0) is 41.8 Å². The highest BCUT2D eigenvalue weighted by molar-refractivity contribution is 7.33. The summed E-state index contributed by atoms with van der Waals surface area (Å²) in [4.78, 5) is 0. The molecule has 0 aromatic heterocycles. The summed E-state index contributed by atoms with van der Waals surface area (Å²) < 4.78 is 5.75. The van der Waals surface area contributed by atoms with Crippen LogP contribution in [0.1, 0.15) is 18.4 Å². The van der Waals surface area contributed by atoms with Crippen LogP contribution in [-0.4, -0.2) is 7.42 Å². The Morgan fingerprint density at radius 3 is 2.11 bits per heavy atom. The van der Waals surface area contributed by atoms with Gasteiger partial charge in [0.25, 0.3) is 7.42 Å². The van der Waals surface area contributed by atoms with Crippen molar-refractivity contribution in [3.8, 4) is 11.5 Å². The third-order valence-corrected chi connectivity index (χ3v) is 4.74. The smallest absolute Gasteiger partial charge is 0.274 e. The van der Waals surface area contributed by atoms with E-state index >= 15 is 0 Å². The molecule has 0 spiro atoms. The largest absolute Gasteiger partial charge is 0.457 e. The number of para-hydroxylation sites is 1. The van der Waals surface area contributed by atoms with Gasteiger partial charge in [0, 0.05) is 0 Å². The van der Waals surface area contributed by atoms with Crippen LogP contribution in [0.25, 0.3) is 0 Å². The summed E-state index contributed by atoms with van der Waals surface area (Å²) in [7, 11) is -1.23. The fourth-order valence-electron chi connectivity index (χ4n) is 1.84. The van der Waals surface area contributed by atoms with Crippen LogP contribution in [0.4, 0.5) is 0 Å². The predicted molar refractivity (Wildman–Crippen MR) is 83.6 cm³/mol. The molecule has 0 saturated carbocycles. The topological polar surface area (TPSA) is 9.23 Å². The summed E-state index contributed by atoms with van der Waals surface area (Å²) in [5.41, 5.74) is 1.24. The zero-order valence-electron chi connectivity index (χ0n) is 10.6. The highest BCUT2D eigenvalue weighted by Gasteiger charge is 2.12. The van der Waals surface area contributed by atoms with Crippen LogP contribution in [0.15, 0.2) is 54.6 Å². The molecule has 1 radical (unpaired) electrons. The lowest BCUT2D eigenvalue weighted by molar-refractivity contribution is 0.482. The molecule has 2 aromatic carbocycles. The van der Waals surface area contributed by atoms with Gasteiger partial charge in [-0.2, -0.15) is 0 Å². The number of hydrogen-bond donors (Lipinski definition) is 0. The van der Waals surface area contributed by atoms with Gasteiger partial charge in [-0.15, -0.1) is 22.2 Å². The van der Waals surface area contributed by atoms with Crippen molar-refractivity contribution in [2.24, 2.45) is 0 Å². The average Bonchev–Trinajstić information content (AvgIpc) is 2.40. The molecule has 0 fully saturated rings. The van der Waals surface area contributed by atoms with Gasteiger partial charge in [0.2, 0.25) is 0 Å². The lowest BCUT2D eigenvalue weighted by Crippen LogP contribution is -2.01. The summed E-state index contributed by atoms with van der Waals surface area (Å²) in [5, 5.41) is 0. The van der Waals surface area contributed by atoms with E-state index in [1.807, 2.05) is 42.5 Å². The maximum atomic E-state index is 5.90. The Morgan fingerprint density at radius 1 is 0.947 bits per heavy atom. The van der Waals surface area contributed by atoms with Crippen LogP contribution < -0.4 is 4.74 Å². The first kappa shape index (κ1) is 14.4.